The van der Waals surface area contributed by atoms with Gasteiger partial charge < -0.3 is 4.74 Å². The summed E-state index contributed by atoms with van der Waals surface area (Å²) in [6.07, 6.45) is 4.21. The smallest absolute Gasteiger partial charge is 0.133 e. The van der Waals surface area contributed by atoms with Gasteiger partial charge in [-0.3, -0.25) is 0 Å². The van der Waals surface area contributed by atoms with Crippen molar-refractivity contribution in [3.05, 3.63) is 63.6 Å². The van der Waals surface area contributed by atoms with E-state index in [4.69, 9.17) is 4.74 Å². The molecule has 0 bridgehead atoms. The average Bonchev–Trinajstić information content (AvgIpc) is 2.37. The maximum atomic E-state index is 5.21. The highest BCUT2D eigenvalue weighted by Gasteiger charge is 1.98. The van der Waals surface area contributed by atoms with E-state index in [9.17, 15) is 0 Å². The van der Waals surface area contributed by atoms with Crippen molar-refractivity contribution >= 4 is 28.1 Å². The molecule has 0 saturated carbocycles. The molecule has 2 rings (SSSR count). The quantitative estimate of drug-likeness (QED) is 0.730. The zero-order valence-corrected chi connectivity index (χ0v) is 12.1. The minimum Gasteiger partial charge on any atom is -0.496 e. The summed E-state index contributed by atoms with van der Waals surface area (Å²) < 4.78 is 6.18. The van der Waals surface area contributed by atoms with E-state index < -0.39 is 0 Å². The molecule has 0 N–H and O–H groups in total. The number of rotatable bonds is 3. The van der Waals surface area contributed by atoms with Crippen LogP contribution in [0.15, 0.2) is 46.9 Å². The van der Waals surface area contributed by atoms with Crippen LogP contribution in [0.3, 0.4) is 0 Å². The van der Waals surface area contributed by atoms with Crippen LogP contribution in [0.25, 0.3) is 12.2 Å². The van der Waals surface area contributed by atoms with Crippen molar-refractivity contribution in [3.63, 3.8) is 0 Å². The van der Waals surface area contributed by atoms with E-state index in [1.165, 1.54) is 11.1 Å². The summed E-state index contributed by atoms with van der Waals surface area (Å²) in [5, 5.41) is 0. The summed E-state index contributed by atoms with van der Waals surface area (Å²) in [6, 6.07) is 14.5. The first-order valence-corrected chi connectivity index (χ1v) is 6.56. The fourth-order valence-electron chi connectivity index (χ4n) is 1.75. The summed E-state index contributed by atoms with van der Waals surface area (Å²) in [5.41, 5.74) is 3.62. The fraction of sp³-hybridized carbons (Fsp3) is 0.125. The van der Waals surface area contributed by atoms with Crippen LogP contribution in [-0.4, -0.2) is 7.11 Å². The Labute approximate surface area is 116 Å². The van der Waals surface area contributed by atoms with Crippen LogP contribution in [0, 0.1) is 6.92 Å². The van der Waals surface area contributed by atoms with Crippen molar-refractivity contribution in [2.24, 2.45) is 0 Å². The maximum absolute atomic E-state index is 5.21. The first-order chi connectivity index (χ1) is 8.69. The highest BCUT2D eigenvalue weighted by Crippen LogP contribution is 2.26. The maximum Gasteiger partial charge on any atom is 0.133 e. The van der Waals surface area contributed by atoms with Gasteiger partial charge in [-0.05, 0) is 46.1 Å². The molecule has 2 heteroatoms. The van der Waals surface area contributed by atoms with E-state index in [0.717, 1.165) is 15.8 Å². The molecule has 0 spiro atoms. The van der Waals surface area contributed by atoms with Crippen LogP contribution in [0.4, 0.5) is 0 Å². The molecule has 0 saturated heterocycles. The predicted molar refractivity (Wildman–Crippen MR) is 80.8 cm³/mol. The van der Waals surface area contributed by atoms with E-state index in [0.29, 0.717) is 0 Å². The monoisotopic (exact) mass is 302 g/mol. The lowest BCUT2D eigenvalue weighted by atomic mass is 10.1. The molecule has 0 aromatic heterocycles. The van der Waals surface area contributed by atoms with E-state index in [2.05, 4.69) is 59.3 Å². The Bertz CT molecular complexity index is 573. The minimum absolute atomic E-state index is 0.850. The Morgan fingerprint density at radius 2 is 1.72 bits per heavy atom. The molecule has 0 unspecified atom stereocenters. The molecule has 2 aromatic rings. The number of hydrogen-bond donors (Lipinski definition) is 0. The third-order valence-corrected chi connectivity index (χ3v) is 3.31. The zero-order chi connectivity index (χ0) is 13.0. The second-order valence-corrected chi connectivity index (χ2v) is 5.00. The molecule has 2 aromatic carbocycles. The van der Waals surface area contributed by atoms with Crippen LogP contribution in [-0.2, 0) is 0 Å². The molecule has 0 fully saturated rings. The summed E-state index contributed by atoms with van der Waals surface area (Å²) in [7, 11) is 1.67. The molecular weight excluding hydrogens is 288 g/mol. The lowest BCUT2D eigenvalue weighted by Gasteiger charge is -2.03. The highest BCUT2D eigenvalue weighted by molar-refractivity contribution is 9.10. The van der Waals surface area contributed by atoms with E-state index >= 15 is 0 Å². The Morgan fingerprint density at radius 1 is 1.00 bits per heavy atom. The third-order valence-electron chi connectivity index (χ3n) is 2.69. The van der Waals surface area contributed by atoms with E-state index in [1.54, 1.807) is 7.11 Å². The Hall–Kier alpha value is -1.54. The summed E-state index contributed by atoms with van der Waals surface area (Å²) in [4.78, 5) is 0. The highest BCUT2D eigenvalue weighted by atomic mass is 79.9. The average molecular weight is 303 g/mol. The molecule has 0 amide bonds. The molecule has 0 aliphatic rings. The minimum atomic E-state index is 0.850. The Morgan fingerprint density at radius 3 is 2.33 bits per heavy atom. The van der Waals surface area contributed by atoms with Crippen molar-refractivity contribution in [2.45, 2.75) is 6.92 Å². The van der Waals surface area contributed by atoms with E-state index in [-0.39, 0.29) is 0 Å². The molecule has 18 heavy (non-hydrogen) atoms. The number of ether oxygens (including phenoxy) is 1. The van der Waals surface area contributed by atoms with Gasteiger partial charge in [0, 0.05) is 0 Å². The fourth-order valence-corrected chi connectivity index (χ4v) is 2.31. The largest absolute Gasteiger partial charge is 0.496 e. The van der Waals surface area contributed by atoms with Crippen molar-refractivity contribution in [3.8, 4) is 5.75 Å². The van der Waals surface area contributed by atoms with Crippen LogP contribution < -0.4 is 4.74 Å². The Kier molecular flexibility index (Phi) is 4.21. The number of methoxy groups -OCH3 is 1. The van der Waals surface area contributed by atoms with Gasteiger partial charge in [-0.15, -0.1) is 0 Å². The number of hydrogen-bond acceptors (Lipinski definition) is 1. The van der Waals surface area contributed by atoms with Crippen molar-refractivity contribution in [1.29, 1.82) is 0 Å². The molecule has 92 valence electrons. The van der Waals surface area contributed by atoms with Crippen molar-refractivity contribution < 1.29 is 4.74 Å². The molecule has 1 nitrogen and oxygen atoms in total. The number of benzene rings is 2. The van der Waals surface area contributed by atoms with Crippen LogP contribution >= 0.6 is 15.9 Å². The van der Waals surface area contributed by atoms with E-state index in [1.807, 2.05) is 18.2 Å². The lowest BCUT2D eigenvalue weighted by molar-refractivity contribution is 0.412. The van der Waals surface area contributed by atoms with Gasteiger partial charge in [-0.25, -0.2) is 0 Å². The predicted octanol–water partition coefficient (Wildman–Crippen LogP) is 4.94. The van der Waals surface area contributed by atoms with Gasteiger partial charge in [0.2, 0.25) is 0 Å². The van der Waals surface area contributed by atoms with Gasteiger partial charge in [0.15, 0.2) is 0 Å². The second-order valence-electron chi connectivity index (χ2n) is 4.14. The molecule has 0 heterocycles. The van der Waals surface area contributed by atoms with Crippen LogP contribution in [0.5, 0.6) is 5.75 Å². The van der Waals surface area contributed by atoms with Gasteiger partial charge in [0.05, 0.1) is 11.6 Å². The van der Waals surface area contributed by atoms with Gasteiger partial charge in [0.1, 0.15) is 5.75 Å². The topological polar surface area (TPSA) is 9.23 Å². The summed E-state index contributed by atoms with van der Waals surface area (Å²) in [6.45, 7) is 2.10. The standard InChI is InChI=1S/C16H15BrO/c1-12-4-3-5-13(10-12)6-7-14-8-9-16(18-2)15(17)11-14/h3-11H,1-2H3/b7-6+. The molecule has 0 radical (unpaired) electrons. The second kappa shape index (κ2) is 5.87. The molecule has 0 atom stereocenters. The number of halogens is 1. The van der Waals surface area contributed by atoms with Gasteiger partial charge >= 0.3 is 0 Å². The van der Waals surface area contributed by atoms with Crippen molar-refractivity contribution in [1.82, 2.24) is 0 Å². The lowest BCUT2D eigenvalue weighted by Crippen LogP contribution is -1.84. The number of aryl methyl sites for hydroxylation is 1. The van der Waals surface area contributed by atoms with Crippen molar-refractivity contribution in [2.75, 3.05) is 7.11 Å². The third kappa shape index (κ3) is 3.23. The van der Waals surface area contributed by atoms with Crippen LogP contribution in [0.2, 0.25) is 0 Å². The Balaban J connectivity index is 2.21. The molecule has 0 aliphatic carbocycles. The molecule has 0 aliphatic heterocycles. The van der Waals surface area contributed by atoms with Gasteiger partial charge in [-0.2, -0.15) is 0 Å². The normalized spacial score (nSPS) is 10.8. The van der Waals surface area contributed by atoms with Gasteiger partial charge in [-0.1, -0.05) is 48.0 Å². The van der Waals surface area contributed by atoms with Crippen LogP contribution in [0.1, 0.15) is 16.7 Å². The summed E-state index contributed by atoms with van der Waals surface area (Å²) in [5.74, 6) is 0.850. The first-order valence-electron chi connectivity index (χ1n) is 5.77. The summed E-state index contributed by atoms with van der Waals surface area (Å²) >= 11 is 3.49. The molecular formula is C16H15BrO. The van der Waals surface area contributed by atoms with Gasteiger partial charge in [0.25, 0.3) is 0 Å². The zero-order valence-electron chi connectivity index (χ0n) is 10.5. The first kappa shape index (κ1) is 12.9. The SMILES string of the molecule is COc1ccc(/C=C/c2cccc(C)c2)cc1Br.